The van der Waals surface area contributed by atoms with Crippen LogP contribution in [0.3, 0.4) is 0 Å². The minimum atomic E-state index is 0.731. The first-order chi connectivity index (χ1) is 7.69. The third kappa shape index (κ3) is 2.50. The molecule has 2 heterocycles. The topological polar surface area (TPSA) is 41.0 Å². The fourth-order valence-electron chi connectivity index (χ4n) is 2.32. The molecule has 0 saturated carbocycles. The van der Waals surface area contributed by atoms with E-state index in [-0.39, 0.29) is 0 Å². The zero-order valence-corrected chi connectivity index (χ0v) is 10.3. The molecule has 0 spiro atoms. The van der Waals surface area contributed by atoms with Gasteiger partial charge >= 0.3 is 0 Å². The Bertz CT molecular complexity index is 344. The molecule has 1 atom stereocenters. The number of anilines is 1. The third-order valence-corrected chi connectivity index (χ3v) is 3.03. The second-order valence-electron chi connectivity index (χ2n) is 4.61. The van der Waals surface area contributed by atoms with Gasteiger partial charge in [-0.1, -0.05) is 0 Å². The van der Waals surface area contributed by atoms with Gasteiger partial charge in [0.15, 0.2) is 0 Å². The van der Waals surface area contributed by atoms with Crippen LogP contribution in [0.5, 0.6) is 0 Å². The lowest BCUT2D eigenvalue weighted by molar-refractivity contribution is 0.548. The van der Waals surface area contributed by atoms with Gasteiger partial charge in [0.05, 0.1) is 0 Å². The summed E-state index contributed by atoms with van der Waals surface area (Å²) in [5.41, 5.74) is 2.11. The minimum Gasteiger partial charge on any atom is -0.340 e. The van der Waals surface area contributed by atoms with E-state index >= 15 is 0 Å². The number of rotatable bonds is 3. The number of nitrogens with zero attached hydrogens (tertiary/aromatic N) is 3. The van der Waals surface area contributed by atoms with E-state index in [4.69, 9.17) is 0 Å². The molecule has 1 aliphatic rings. The Morgan fingerprint density at radius 2 is 2.06 bits per heavy atom. The van der Waals surface area contributed by atoms with Crippen LogP contribution < -0.4 is 10.2 Å². The highest BCUT2D eigenvalue weighted by Gasteiger charge is 2.23. The van der Waals surface area contributed by atoms with Crippen LogP contribution in [-0.4, -0.2) is 36.6 Å². The SMILES string of the molecule is CNCC1CCN(c2nc(C)cc(C)n2)C1. The van der Waals surface area contributed by atoms with E-state index in [1.54, 1.807) is 0 Å². The summed E-state index contributed by atoms with van der Waals surface area (Å²) in [5, 5.41) is 3.24. The van der Waals surface area contributed by atoms with Gasteiger partial charge in [-0.25, -0.2) is 9.97 Å². The molecule has 0 aromatic carbocycles. The van der Waals surface area contributed by atoms with Crippen LogP contribution in [-0.2, 0) is 0 Å². The van der Waals surface area contributed by atoms with E-state index < -0.39 is 0 Å². The van der Waals surface area contributed by atoms with Gasteiger partial charge in [0.2, 0.25) is 5.95 Å². The standard InChI is InChI=1S/C12H20N4/c1-9-6-10(2)15-12(14-9)16-5-4-11(8-16)7-13-3/h6,11,13H,4-5,7-8H2,1-3H3. The summed E-state index contributed by atoms with van der Waals surface area (Å²) in [5.74, 6) is 1.63. The molecule has 1 aromatic heterocycles. The van der Waals surface area contributed by atoms with Crippen molar-refractivity contribution < 1.29 is 0 Å². The second-order valence-corrected chi connectivity index (χ2v) is 4.61. The van der Waals surface area contributed by atoms with Gasteiger partial charge in [0.1, 0.15) is 0 Å². The van der Waals surface area contributed by atoms with Gasteiger partial charge in [-0.3, -0.25) is 0 Å². The average Bonchev–Trinajstić information content (AvgIpc) is 2.65. The molecule has 2 rings (SSSR count). The molecule has 0 aliphatic carbocycles. The third-order valence-electron chi connectivity index (χ3n) is 3.03. The Labute approximate surface area is 97.1 Å². The van der Waals surface area contributed by atoms with Crippen LogP contribution >= 0.6 is 0 Å². The Hall–Kier alpha value is -1.16. The van der Waals surface area contributed by atoms with Crippen LogP contribution in [0.15, 0.2) is 6.07 Å². The normalized spacial score (nSPS) is 20.4. The van der Waals surface area contributed by atoms with E-state index in [0.717, 1.165) is 42.9 Å². The lowest BCUT2D eigenvalue weighted by Gasteiger charge is -2.17. The summed E-state index contributed by atoms with van der Waals surface area (Å²) in [6.07, 6.45) is 1.23. The van der Waals surface area contributed by atoms with Crippen molar-refractivity contribution in [2.75, 3.05) is 31.6 Å². The molecule has 1 N–H and O–H groups in total. The zero-order valence-electron chi connectivity index (χ0n) is 10.3. The molecular formula is C12H20N4. The Morgan fingerprint density at radius 1 is 1.38 bits per heavy atom. The molecule has 1 saturated heterocycles. The smallest absolute Gasteiger partial charge is 0.225 e. The Balaban J connectivity index is 2.08. The van der Waals surface area contributed by atoms with Crippen molar-refractivity contribution >= 4 is 5.95 Å². The van der Waals surface area contributed by atoms with Crippen LogP contribution in [0.1, 0.15) is 17.8 Å². The summed E-state index contributed by atoms with van der Waals surface area (Å²) in [7, 11) is 2.01. The number of nitrogens with one attached hydrogen (secondary N) is 1. The maximum absolute atomic E-state index is 4.50. The van der Waals surface area contributed by atoms with Crippen molar-refractivity contribution in [3.63, 3.8) is 0 Å². The molecule has 0 amide bonds. The van der Waals surface area contributed by atoms with Crippen molar-refractivity contribution in [3.8, 4) is 0 Å². The Kier molecular flexibility index (Phi) is 3.39. The van der Waals surface area contributed by atoms with Crippen LogP contribution in [0, 0.1) is 19.8 Å². The maximum Gasteiger partial charge on any atom is 0.225 e. The average molecular weight is 220 g/mol. The molecule has 4 nitrogen and oxygen atoms in total. The molecule has 1 aliphatic heterocycles. The molecule has 16 heavy (non-hydrogen) atoms. The predicted octanol–water partition coefficient (Wildman–Crippen LogP) is 1.14. The second kappa shape index (κ2) is 4.78. The van der Waals surface area contributed by atoms with E-state index in [1.807, 2.05) is 27.0 Å². The van der Waals surface area contributed by atoms with Gasteiger partial charge in [0, 0.05) is 24.5 Å². The highest BCUT2D eigenvalue weighted by molar-refractivity contribution is 5.33. The first-order valence-electron chi connectivity index (χ1n) is 5.91. The highest BCUT2D eigenvalue weighted by atomic mass is 15.3. The summed E-state index contributed by atoms with van der Waals surface area (Å²) in [4.78, 5) is 11.3. The first kappa shape index (κ1) is 11.3. The molecule has 0 bridgehead atoms. The number of hydrogen-bond acceptors (Lipinski definition) is 4. The van der Waals surface area contributed by atoms with Gasteiger partial charge < -0.3 is 10.2 Å². The van der Waals surface area contributed by atoms with Gasteiger partial charge in [-0.15, -0.1) is 0 Å². The van der Waals surface area contributed by atoms with Crippen LogP contribution in [0.4, 0.5) is 5.95 Å². The molecule has 0 radical (unpaired) electrons. The van der Waals surface area contributed by atoms with Crippen molar-refractivity contribution in [1.29, 1.82) is 0 Å². The quantitative estimate of drug-likeness (QED) is 0.829. The molecule has 4 heteroatoms. The van der Waals surface area contributed by atoms with E-state index in [1.165, 1.54) is 6.42 Å². The summed E-state index contributed by atoms with van der Waals surface area (Å²) in [6, 6.07) is 2.02. The van der Waals surface area contributed by atoms with Crippen LogP contribution in [0.25, 0.3) is 0 Å². The molecule has 1 aromatic rings. The highest BCUT2D eigenvalue weighted by Crippen LogP contribution is 2.20. The Morgan fingerprint density at radius 3 is 2.69 bits per heavy atom. The largest absolute Gasteiger partial charge is 0.340 e. The summed E-state index contributed by atoms with van der Waals surface area (Å²) in [6.45, 7) is 7.29. The zero-order chi connectivity index (χ0) is 11.5. The lowest BCUT2D eigenvalue weighted by atomic mass is 10.1. The molecule has 1 unspecified atom stereocenters. The number of hydrogen-bond donors (Lipinski definition) is 1. The lowest BCUT2D eigenvalue weighted by Crippen LogP contribution is -2.25. The maximum atomic E-state index is 4.50. The van der Waals surface area contributed by atoms with Gasteiger partial charge in [-0.05, 0) is 45.8 Å². The molecule has 1 fully saturated rings. The van der Waals surface area contributed by atoms with Crippen molar-refractivity contribution in [2.45, 2.75) is 20.3 Å². The van der Waals surface area contributed by atoms with Crippen molar-refractivity contribution in [3.05, 3.63) is 17.5 Å². The van der Waals surface area contributed by atoms with Crippen LogP contribution in [0.2, 0.25) is 0 Å². The monoisotopic (exact) mass is 220 g/mol. The summed E-state index contributed by atoms with van der Waals surface area (Å²) >= 11 is 0. The fraction of sp³-hybridized carbons (Fsp3) is 0.667. The fourth-order valence-corrected chi connectivity index (χ4v) is 2.32. The predicted molar refractivity (Wildman–Crippen MR) is 65.8 cm³/mol. The van der Waals surface area contributed by atoms with Crippen molar-refractivity contribution in [1.82, 2.24) is 15.3 Å². The van der Waals surface area contributed by atoms with E-state index in [0.29, 0.717) is 0 Å². The first-order valence-corrected chi connectivity index (χ1v) is 5.91. The van der Waals surface area contributed by atoms with E-state index in [2.05, 4.69) is 20.2 Å². The molecule has 88 valence electrons. The van der Waals surface area contributed by atoms with Gasteiger partial charge in [0.25, 0.3) is 0 Å². The number of aromatic nitrogens is 2. The van der Waals surface area contributed by atoms with Gasteiger partial charge in [-0.2, -0.15) is 0 Å². The summed E-state index contributed by atoms with van der Waals surface area (Å²) < 4.78 is 0. The number of aryl methyl sites for hydroxylation is 2. The van der Waals surface area contributed by atoms with E-state index in [9.17, 15) is 0 Å². The molecular weight excluding hydrogens is 200 g/mol. The minimum absolute atomic E-state index is 0.731. The van der Waals surface area contributed by atoms with Crippen molar-refractivity contribution in [2.24, 2.45) is 5.92 Å².